The van der Waals surface area contributed by atoms with Crippen molar-refractivity contribution in [1.82, 2.24) is 0 Å². The molecule has 0 bridgehead atoms. The Labute approximate surface area is 180 Å². The zero-order chi connectivity index (χ0) is 21.8. The normalized spacial score (nSPS) is 14.6. The van der Waals surface area contributed by atoms with Gasteiger partial charge in [-0.3, -0.25) is 9.59 Å². The number of carbonyl (C=O) groups excluding carboxylic acids is 3. The van der Waals surface area contributed by atoms with Gasteiger partial charge >= 0.3 is 5.97 Å². The van der Waals surface area contributed by atoms with Crippen molar-refractivity contribution in [3.8, 4) is 0 Å². The molecule has 156 valence electrons. The van der Waals surface area contributed by atoms with E-state index in [1.165, 1.54) is 0 Å². The molecule has 3 aromatic carbocycles. The molecule has 0 spiro atoms. The Kier molecular flexibility index (Phi) is 5.80. The average Bonchev–Trinajstić information content (AvgIpc) is 3.14. The van der Waals surface area contributed by atoms with Crippen LogP contribution in [-0.4, -0.2) is 30.4 Å². The monoisotopic (exact) mass is 414 g/mol. The molecule has 4 rings (SSSR count). The lowest BCUT2D eigenvalue weighted by Crippen LogP contribution is -2.38. The van der Waals surface area contributed by atoms with Crippen LogP contribution in [0.2, 0.25) is 0 Å². The van der Waals surface area contributed by atoms with Crippen LogP contribution in [0.1, 0.15) is 33.2 Å². The fourth-order valence-corrected chi connectivity index (χ4v) is 3.77. The first-order chi connectivity index (χ1) is 15.0. The summed E-state index contributed by atoms with van der Waals surface area (Å²) in [6.07, 6.45) is 0.768. The second kappa shape index (κ2) is 8.83. The van der Waals surface area contributed by atoms with Gasteiger partial charge in [0.1, 0.15) is 0 Å². The van der Waals surface area contributed by atoms with E-state index in [0.717, 1.165) is 17.7 Å². The predicted octanol–water partition coefficient (Wildman–Crippen LogP) is 4.07. The number of nitrogens with zero attached hydrogens (tertiary/aromatic N) is 1. The summed E-state index contributed by atoms with van der Waals surface area (Å²) in [5, 5.41) is 2.74. The first-order valence-corrected chi connectivity index (χ1v) is 10.1. The van der Waals surface area contributed by atoms with Gasteiger partial charge in [0.05, 0.1) is 11.3 Å². The third kappa shape index (κ3) is 4.33. The van der Waals surface area contributed by atoms with Crippen LogP contribution in [0.4, 0.5) is 11.4 Å². The number of nitrogens with one attached hydrogen (secondary N) is 1. The van der Waals surface area contributed by atoms with Gasteiger partial charge in [0, 0.05) is 17.3 Å². The molecular weight excluding hydrogens is 392 g/mol. The first-order valence-electron chi connectivity index (χ1n) is 10.1. The third-order valence-electron chi connectivity index (χ3n) is 5.23. The number of ether oxygens (including phenoxy) is 1. The number of hydrogen-bond donors (Lipinski definition) is 1. The topological polar surface area (TPSA) is 75.7 Å². The van der Waals surface area contributed by atoms with Crippen LogP contribution in [0.5, 0.6) is 0 Å². The van der Waals surface area contributed by atoms with E-state index >= 15 is 0 Å². The molecular formula is C25H22N2O4. The van der Waals surface area contributed by atoms with Crippen molar-refractivity contribution >= 4 is 29.2 Å². The molecule has 3 aromatic rings. The molecule has 1 atom stereocenters. The molecule has 1 aliphatic rings. The van der Waals surface area contributed by atoms with Crippen molar-refractivity contribution in [2.24, 2.45) is 0 Å². The largest absolute Gasteiger partial charge is 0.452 e. The second-order valence-electron chi connectivity index (χ2n) is 7.39. The van der Waals surface area contributed by atoms with E-state index in [9.17, 15) is 14.4 Å². The maximum atomic E-state index is 12.8. The van der Waals surface area contributed by atoms with Crippen molar-refractivity contribution in [3.63, 3.8) is 0 Å². The minimum absolute atomic E-state index is 0.000971. The van der Waals surface area contributed by atoms with Crippen molar-refractivity contribution in [2.45, 2.75) is 19.4 Å². The molecule has 0 aliphatic carbocycles. The fraction of sp³-hybridized carbons (Fsp3) is 0.160. The number of benzene rings is 3. The zero-order valence-electron chi connectivity index (χ0n) is 17.1. The number of fused-ring (bicyclic) bond motifs is 1. The maximum Gasteiger partial charge on any atom is 0.340 e. The van der Waals surface area contributed by atoms with E-state index in [2.05, 4.69) is 5.32 Å². The van der Waals surface area contributed by atoms with Crippen LogP contribution in [0.3, 0.4) is 0 Å². The quantitative estimate of drug-likeness (QED) is 0.639. The van der Waals surface area contributed by atoms with Crippen LogP contribution in [0.25, 0.3) is 0 Å². The van der Waals surface area contributed by atoms with Crippen LogP contribution in [0.15, 0.2) is 78.9 Å². The number of amides is 2. The summed E-state index contributed by atoms with van der Waals surface area (Å²) in [4.78, 5) is 39.6. The SMILES string of the molecule is C[C@H]1Cc2ccccc2N1C(=O)COC(=O)c1ccccc1NC(=O)c1ccccc1. The molecule has 0 radical (unpaired) electrons. The zero-order valence-corrected chi connectivity index (χ0v) is 17.1. The Balaban J connectivity index is 1.44. The highest BCUT2D eigenvalue weighted by Crippen LogP contribution is 2.31. The maximum absolute atomic E-state index is 12.8. The van der Waals surface area contributed by atoms with Gasteiger partial charge in [-0.15, -0.1) is 0 Å². The van der Waals surface area contributed by atoms with Gasteiger partial charge in [-0.05, 0) is 49.2 Å². The molecule has 6 heteroatoms. The molecule has 0 fully saturated rings. The molecule has 0 aromatic heterocycles. The molecule has 31 heavy (non-hydrogen) atoms. The van der Waals surface area contributed by atoms with Gasteiger partial charge < -0.3 is 15.0 Å². The van der Waals surface area contributed by atoms with Crippen molar-refractivity contribution in [1.29, 1.82) is 0 Å². The summed E-state index contributed by atoms with van der Waals surface area (Å²) < 4.78 is 5.31. The Morgan fingerprint density at radius 1 is 0.935 bits per heavy atom. The van der Waals surface area contributed by atoms with Crippen LogP contribution in [0, 0.1) is 0 Å². The standard InChI is InChI=1S/C25H22N2O4/c1-17-15-19-11-5-8-14-22(19)27(17)23(28)16-31-25(30)20-12-6-7-13-21(20)26-24(29)18-9-3-2-4-10-18/h2-14,17H,15-16H2,1H3,(H,26,29)/t17-/m0/s1. The molecule has 1 N–H and O–H groups in total. The molecule has 6 nitrogen and oxygen atoms in total. The van der Waals surface area contributed by atoms with E-state index < -0.39 is 5.97 Å². The Hall–Kier alpha value is -3.93. The van der Waals surface area contributed by atoms with Gasteiger partial charge in [-0.1, -0.05) is 48.5 Å². The predicted molar refractivity (Wildman–Crippen MR) is 118 cm³/mol. The number of rotatable bonds is 5. The Morgan fingerprint density at radius 3 is 2.42 bits per heavy atom. The van der Waals surface area contributed by atoms with Crippen LogP contribution < -0.4 is 10.2 Å². The Morgan fingerprint density at radius 2 is 1.61 bits per heavy atom. The average molecular weight is 414 g/mol. The minimum atomic E-state index is -0.669. The summed E-state index contributed by atoms with van der Waals surface area (Å²) in [7, 11) is 0. The van der Waals surface area contributed by atoms with E-state index in [0.29, 0.717) is 11.3 Å². The lowest BCUT2D eigenvalue weighted by molar-refractivity contribution is -0.122. The van der Waals surface area contributed by atoms with Gasteiger partial charge in [-0.25, -0.2) is 4.79 Å². The highest BCUT2D eigenvalue weighted by molar-refractivity contribution is 6.08. The first kappa shape index (κ1) is 20.3. The smallest absolute Gasteiger partial charge is 0.340 e. The van der Waals surface area contributed by atoms with Crippen LogP contribution >= 0.6 is 0 Å². The van der Waals surface area contributed by atoms with Gasteiger partial charge in [0.15, 0.2) is 6.61 Å². The van der Waals surface area contributed by atoms with Gasteiger partial charge in [0.25, 0.3) is 11.8 Å². The molecule has 1 heterocycles. The van der Waals surface area contributed by atoms with Crippen molar-refractivity contribution in [3.05, 3.63) is 95.6 Å². The lowest BCUT2D eigenvalue weighted by atomic mass is 10.1. The Bertz CT molecular complexity index is 1130. The number of esters is 1. The molecule has 2 amide bonds. The molecule has 0 saturated carbocycles. The molecule has 0 saturated heterocycles. The van der Waals surface area contributed by atoms with E-state index in [-0.39, 0.29) is 30.0 Å². The number of anilines is 2. The van der Waals surface area contributed by atoms with E-state index in [1.807, 2.05) is 37.3 Å². The highest BCUT2D eigenvalue weighted by atomic mass is 16.5. The van der Waals surface area contributed by atoms with E-state index in [1.54, 1.807) is 53.4 Å². The highest BCUT2D eigenvalue weighted by Gasteiger charge is 2.31. The summed E-state index contributed by atoms with van der Waals surface area (Å²) >= 11 is 0. The number of para-hydroxylation sites is 2. The minimum Gasteiger partial charge on any atom is -0.452 e. The van der Waals surface area contributed by atoms with Crippen molar-refractivity contribution in [2.75, 3.05) is 16.8 Å². The number of hydrogen-bond acceptors (Lipinski definition) is 4. The van der Waals surface area contributed by atoms with Gasteiger partial charge in [0.2, 0.25) is 0 Å². The fourth-order valence-electron chi connectivity index (χ4n) is 3.77. The van der Waals surface area contributed by atoms with Crippen molar-refractivity contribution < 1.29 is 19.1 Å². The lowest BCUT2D eigenvalue weighted by Gasteiger charge is -2.22. The van der Waals surface area contributed by atoms with Gasteiger partial charge in [-0.2, -0.15) is 0 Å². The number of carbonyl (C=O) groups is 3. The summed E-state index contributed by atoms with van der Waals surface area (Å²) in [6, 6.07) is 23.0. The van der Waals surface area contributed by atoms with Crippen LogP contribution in [-0.2, 0) is 16.0 Å². The summed E-state index contributed by atoms with van der Waals surface area (Å²) in [6.45, 7) is 1.59. The summed E-state index contributed by atoms with van der Waals surface area (Å²) in [5.74, 6) is -1.28. The molecule has 0 unspecified atom stereocenters. The molecule has 1 aliphatic heterocycles. The van der Waals surface area contributed by atoms with E-state index in [4.69, 9.17) is 4.74 Å². The second-order valence-corrected chi connectivity index (χ2v) is 7.39. The summed E-state index contributed by atoms with van der Waals surface area (Å²) in [5.41, 5.74) is 2.95. The third-order valence-corrected chi connectivity index (χ3v) is 5.23.